The Labute approximate surface area is 56.3 Å². The summed E-state index contributed by atoms with van der Waals surface area (Å²) >= 11 is 0. The first kappa shape index (κ1) is 7.97. The van der Waals surface area contributed by atoms with Crippen LogP contribution in [0.25, 0.3) is 0 Å². The molecule has 0 aliphatic rings. The Hall–Kier alpha value is -1.03. The zero-order chi connectivity index (χ0) is 7.28. The summed E-state index contributed by atoms with van der Waals surface area (Å²) in [6.07, 6.45) is 3.74. The Kier molecular flexibility index (Phi) is 3.46. The normalized spacial score (nSPS) is 10.2. The molecule has 9 heavy (non-hydrogen) atoms. The minimum Gasteiger partial charge on any atom is -0.193 e. The third-order valence-corrected chi connectivity index (χ3v) is 0.843. The Morgan fingerprint density at radius 2 is 1.78 bits per heavy atom. The van der Waals surface area contributed by atoms with Crippen LogP contribution in [0.1, 0.15) is 20.8 Å². The first-order valence-corrected chi connectivity index (χ1v) is 2.88. The van der Waals surface area contributed by atoms with Crippen molar-refractivity contribution >= 4 is 0 Å². The number of rotatable bonds is 1. The van der Waals surface area contributed by atoms with Gasteiger partial charge in [-0.2, -0.15) is 5.26 Å². The average molecular weight is 121 g/mol. The molecule has 0 atom stereocenters. The van der Waals surface area contributed by atoms with E-state index in [4.69, 9.17) is 5.26 Å². The molecule has 0 rings (SSSR count). The van der Waals surface area contributed by atoms with Crippen molar-refractivity contribution in [1.29, 1.82) is 5.26 Å². The van der Waals surface area contributed by atoms with E-state index in [0.29, 0.717) is 0 Å². The zero-order valence-corrected chi connectivity index (χ0v) is 6.10. The summed E-state index contributed by atoms with van der Waals surface area (Å²) < 4.78 is 0. The van der Waals surface area contributed by atoms with Crippen molar-refractivity contribution in [3.8, 4) is 6.07 Å². The third kappa shape index (κ3) is 4.83. The minimum atomic E-state index is 0.746. The van der Waals surface area contributed by atoms with E-state index in [2.05, 4.69) is 0 Å². The van der Waals surface area contributed by atoms with Gasteiger partial charge in [0.1, 0.15) is 0 Å². The maximum atomic E-state index is 8.30. The SMILES string of the molecule is CC(C)=C/C=C(\C)C#N. The fourth-order valence-electron chi connectivity index (χ4n) is 0.329. The van der Waals surface area contributed by atoms with Crippen LogP contribution in [0.15, 0.2) is 23.3 Å². The van der Waals surface area contributed by atoms with Gasteiger partial charge in [-0.05, 0) is 26.8 Å². The quantitative estimate of drug-likeness (QED) is 0.386. The van der Waals surface area contributed by atoms with Crippen molar-refractivity contribution in [2.45, 2.75) is 20.8 Å². The summed E-state index contributed by atoms with van der Waals surface area (Å²) in [7, 11) is 0. The molecular formula is C8H11N. The van der Waals surface area contributed by atoms with Crippen LogP contribution in [0.4, 0.5) is 0 Å². The molecule has 0 aromatic carbocycles. The van der Waals surface area contributed by atoms with E-state index in [1.54, 1.807) is 6.92 Å². The van der Waals surface area contributed by atoms with E-state index in [0.717, 1.165) is 5.57 Å². The summed E-state index contributed by atoms with van der Waals surface area (Å²) in [5.74, 6) is 0. The Morgan fingerprint density at radius 1 is 1.22 bits per heavy atom. The molecule has 0 saturated heterocycles. The van der Waals surface area contributed by atoms with Crippen LogP contribution in [0, 0.1) is 11.3 Å². The van der Waals surface area contributed by atoms with Gasteiger partial charge in [0.2, 0.25) is 0 Å². The van der Waals surface area contributed by atoms with E-state index < -0.39 is 0 Å². The van der Waals surface area contributed by atoms with Gasteiger partial charge in [0, 0.05) is 5.57 Å². The summed E-state index contributed by atoms with van der Waals surface area (Å²) in [6, 6.07) is 2.04. The van der Waals surface area contributed by atoms with Gasteiger partial charge in [0.05, 0.1) is 6.07 Å². The fraction of sp³-hybridized carbons (Fsp3) is 0.375. The molecule has 0 fully saturated rings. The van der Waals surface area contributed by atoms with Gasteiger partial charge >= 0.3 is 0 Å². The number of allylic oxidation sites excluding steroid dienone is 4. The van der Waals surface area contributed by atoms with Crippen LogP contribution in [0.3, 0.4) is 0 Å². The topological polar surface area (TPSA) is 23.8 Å². The van der Waals surface area contributed by atoms with E-state index in [1.807, 2.05) is 32.1 Å². The molecule has 0 N–H and O–H groups in total. The van der Waals surface area contributed by atoms with Gasteiger partial charge < -0.3 is 0 Å². The predicted molar refractivity (Wildman–Crippen MR) is 38.8 cm³/mol. The lowest BCUT2D eigenvalue weighted by molar-refractivity contribution is 1.38. The Morgan fingerprint density at radius 3 is 2.11 bits per heavy atom. The monoisotopic (exact) mass is 121 g/mol. The number of nitrogens with zero attached hydrogens (tertiary/aromatic N) is 1. The number of nitriles is 1. The zero-order valence-electron chi connectivity index (χ0n) is 6.10. The highest BCUT2D eigenvalue weighted by molar-refractivity contribution is 5.24. The average Bonchev–Trinajstić information content (AvgIpc) is 1.83. The van der Waals surface area contributed by atoms with E-state index in [9.17, 15) is 0 Å². The maximum Gasteiger partial charge on any atom is 0.0944 e. The molecule has 0 radical (unpaired) electrons. The van der Waals surface area contributed by atoms with Crippen molar-refractivity contribution in [3.63, 3.8) is 0 Å². The van der Waals surface area contributed by atoms with E-state index in [-0.39, 0.29) is 0 Å². The first-order valence-electron chi connectivity index (χ1n) is 2.88. The first-order chi connectivity index (χ1) is 4.16. The molecule has 0 spiro atoms. The lowest BCUT2D eigenvalue weighted by Crippen LogP contribution is -1.65. The summed E-state index contributed by atoms with van der Waals surface area (Å²) in [5, 5.41) is 8.30. The van der Waals surface area contributed by atoms with Crippen molar-refractivity contribution in [2.75, 3.05) is 0 Å². The second-order valence-corrected chi connectivity index (χ2v) is 2.21. The van der Waals surface area contributed by atoms with Gasteiger partial charge in [-0.25, -0.2) is 0 Å². The number of hydrogen-bond donors (Lipinski definition) is 0. The Balaban J connectivity index is 4.03. The summed E-state index contributed by atoms with van der Waals surface area (Å²) in [4.78, 5) is 0. The molecule has 0 saturated carbocycles. The molecule has 0 bridgehead atoms. The van der Waals surface area contributed by atoms with Gasteiger partial charge in [0.25, 0.3) is 0 Å². The summed E-state index contributed by atoms with van der Waals surface area (Å²) in [5.41, 5.74) is 1.96. The van der Waals surface area contributed by atoms with Crippen LogP contribution >= 0.6 is 0 Å². The second kappa shape index (κ2) is 3.91. The maximum absolute atomic E-state index is 8.30. The molecule has 0 aromatic heterocycles. The second-order valence-electron chi connectivity index (χ2n) is 2.21. The highest BCUT2D eigenvalue weighted by Gasteiger charge is 1.77. The van der Waals surface area contributed by atoms with E-state index >= 15 is 0 Å². The summed E-state index contributed by atoms with van der Waals surface area (Å²) in [6.45, 7) is 5.79. The van der Waals surface area contributed by atoms with Crippen molar-refractivity contribution < 1.29 is 0 Å². The highest BCUT2D eigenvalue weighted by atomic mass is 14.2. The van der Waals surface area contributed by atoms with Crippen molar-refractivity contribution in [1.82, 2.24) is 0 Å². The molecule has 0 aromatic rings. The molecule has 0 amide bonds. The van der Waals surface area contributed by atoms with Gasteiger partial charge in [-0.15, -0.1) is 0 Å². The largest absolute Gasteiger partial charge is 0.193 e. The molecule has 1 nitrogen and oxygen atoms in total. The smallest absolute Gasteiger partial charge is 0.0944 e. The molecule has 0 aliphatic carbocycles. The number of hydrogen-bond acceptors (Lipinski definition) is 1. The van der Waals surface area contributed by atoms with Crippen molar-refractivity contribution in [3.05, 3.63) is 23.3 Å². The lowest BCUT2D eigenvalue weighted by atomic mass is 10.2. The van der Waals surface area contributed by atoms with Crippen LogP contribution in [-0.4, -0.2) is 0 Å². The standard InChI is InChI=1S/C8H11N/c1-7(2)4-5-8(3)6-9/h4-5H,1-3H3/b8-5+. The van der Waals surface area contributed by atoms with Gasteiger partial charge in [-0.1, -0.05) is 11.6 Å². The van der Waals surface area contributed by atoms with Crippen LogP contribution in [0.2, 0.25) is 0 Å². The van der Waals surface area contributed by atoms with Gasteiger partial charge in [-0.3, -0.25) is 0 Å². The van der Waals surface area contributed by atoms with Gasteiger partial charge in [0.15, 0.2) is 0 Å². The van der Waals surface area contributed by atoms with Crippen molar-refractivity contribution in [2.24, 2.45) is 0 Å². The molecule has 48 valence electrons. The highest BCUT2D eigenvalue weighted by Crippen LogP contribution is 1.93. The third-order valence-electron chi connectivity index (χ3n) is 0.843. The molecule has 0 unspecified atom stereocenters. The van der Waals surface area contributed by atoms with E-state index in [1.165, 1.54) is 5.57 Å². The molecule has 1 heteroatoms. The van der Waals surface area contributed by atoms with Crippen LogP contribution in [-0.2, 0) is 0 Å². The van der Waals surface area contributed by atoms with Crippen LogP contribution in [0.5, 0.6) is 0 Å². The Bertz CT molecular complexity index is 175. The molecule has 0 heterocycles. The molecule has 0 aliphatic heterocycles. The predicted octanol–water partition coefficient (Wildman–Crippen LogP) is 2.42. The lowest BCUT2D eigenvalue weighted by Gasteiger charge is -1.82. The fourth-order valence-corrected chi connectivity index (χ4v) is 0.329. The molecular weight excluding hydrogens is 110 g/mol. The van der Waals surface area contributed by atoms with Crippen LogP contribution < -0.4 is 0 Å². The minimum absolute atomic E-state index is 0.746.